The number of piperazine rings is 1. The van der Waals surface area contributed by atoms with Gasteiger partial charge in [0.15, 0.2) is 0 Å². The van der Waals surface area contributed by atoms with Gasteiger partial charge in [-0.1, -0.05) is 19.1 Å². The normalized spacial score (nSPS) is 16.6. The minimum Gasteiger partial charge on any atom is -0.336 e. The van der Waals surface area contributed by atoms with Gasteiger partial charge in [-0.2, -0.15) is 0 Å². The number of likely N-dealkylation sites (N-methyl/N-ethyl adjacent to an activating group) is 1. The Kier molecular flexibility index (Phi) is 3.65. The summed E-state index contributed by atoms with van der Waals surface area (Å²) < 4.78 is 0. The Labute approximate surface area is 119 Å². The molecule has 1 aliphatic heterocycles. The number of hydrogen-bond donors (Lipinski definition) is 0. The molecule has 1 aromatic heterocycles. The SMILES string of the molecule is CCN1CCN(C(=O)c2cccc3ccncc23)CC1. The Morgan fingerprint density at radius 1 is 1.20 bits per heavy atom. The lowest BCUT2D eigenvalue weighted by molar-refractivity contribution is 0.0645. The number of hydrogen-bond acceptors (Lipinski definition) is 3. The van der Waals surface area contributed by atoms with Gasteiger partial charge in [-0.05, 0) is 24.1 Å². The van der Waals surface area contributed by atoms with Crippen LogP contribution in [0.2, 0.25) is 0 Å². The quantitative estimate of drug-likeness (QED) is 0.837. The van der Waals surface area contributed by atoms with Crippen molar-refractivity contribution in [3.63, 3.8) is 0 Å². The van der Waals surface area contributed by atoms with Gasteiger partial charge in [0.05, 0.1) is 0 Å². The Bertz CT molecular complexity index is 613. The molecule has 0 aliphatic carbocycles. The van der Waals surface area contributed by atoms with E-state index in [-0.39, 0.29) is 5.91 Å². The highest BCUT2D eigenvalue weighted by atomic mass is 16.2. The van der Waals surface area contributed by atoms with Gasteiger partial charge in [-0.25, -0.2) is 0 Å². The molecule has 20 heavy (non-hydrogen) atoms. The van der Waals surface area contributed by atoms with E-state index in [0.717, 1.165) is 49.1 Å². The Morgan fingerprint density at radius 3 is 2.75 bits per heavy atom. The highest BCUT2D eigenvalue weighted by molar-refractivity contribution is 6.06. The van der Waals surface area contributed by atoms with Crippen molar-refractivity contribution in [1.29, 1.82) is 0 Å². The summed E-state index contributed by atoms with van der Waals surface area (Å²) in [4.78, 5) is 21.2. The molecule has 4 heteroatoms. The van der Waals surface area contributed by atoms with Crippen LogP contribution in [-0.2, 0) is 0 Å². The van der Waals surface area contributed by atoms with Gasteiger partial charge in [0.2, 0.25) is 0 Å². The minimum absolute atomic E-state index is 0.124. The Morgan fingerprint density at radius 2 is 2.00 bits per heavy atom. The number of carbonyl (C=O) groups is 1. The number of aromatic nitrogens is 1. The van der Waals surface area contributed by atoms with Crippen molar-refractivity contribution < 1.29 is 4.79 Å². The van der Waals surface area contributed by atoms with Crippen molar-refractivity contribution in [2.45, 2.75) is 6.92 Å². The molecule has 0 spiro atoms. The van der Waals surface area contributed by atoms with E-state index in [0.29, 0.717) is 0 Å². The van der Waals surface area contributed by atoms with Gasteiger partial charge >= 0.3 is 0 Å². The van der Waals surface area contributed by atoms with E-state index < -0.39 is 0 Å². The molecule has 1 fully saturated rings. The zero-order valence-electron chi connectivity index (χ0n) is 11.7. The van der Waals surface area contributed by atoms with Crippen molar-refractivity contribution in [3.05, 3.63) is 42.2 Å². The second-order valence-electron chi connectivity index (χ2n) is 5.13. The molecule has 3 rings (SSSR count). The summed E-state index contributed by atoms with van der Waals surface area (Å²) in [5, 5.41) is 2.01. The van der Waals surface area contributed by atoms with Crippen LogP contribution in [-0.4, -0.2) is 53.4 Å². The van der Waals surface area contributed by atoms with Crippen LogP contribution >= 0.6 is 0 Å². The third-order valence-corrected chi connectivity index (χ3v) is 4.02. The van der Waals surface area contributed by atoms with Gasteiger partial charge in [-0.3, -0.25) is 9.78 Å². The summed E-state index contributed by atoms with van der Waals surface area (Å²) >= 11 is 0. The molecule has 0 N–H and O–H groups in total. The summed E-state index contributed by atoms with van der Waals surface area (Å²) in [6, 6.07) is 7.81. The largest absolute Gasteiger partial charge is 0.336 e. The molecule has 2 aromatic rings. The lowest BCUT2D eigenvalue weighted by Gasteiger charge is -2.34. The second kappa shape index (κ2) is 5.59. The molecule has 0 saturated carbocycles. The number of carbonyl (C=O) groups excluding carboxylic acids is 1. The zero-order valence-corrected chi connectivity index (χ0v) is 11.7. The third kappa shape index (κ3) is 2.39. The predicted octanol–water partition coefficient (Wildman–Crippen LogP) is 2.01. The molecule has 2 heterocycles. The zero-order chi connectivity index (χ0) is 13.9. The third-order valence-electron chi connectivity index (χ3n) is 4.02. The van der Waals surface area contributed by atoms with Crippen LogP contribution in [0.15, 0.2) is 36.7 Å². The Balaban J connectivity index is 1.86. The first kappa shape index (κ1) is 13.1. The van der Waals surface area contributed by atoms with Crippen LogP contribution in [0, 0.1) is 0 Å². The van der Waals surface area contributed by atoms with E-state index in [9.17, 15) is 4.79 Å². The first-order valence-electron chi connectivity index (χ1n) is 7.14. The molecular weight excluding hydrogens is 250 g/mol. The fraction of sp³-hybridized carbons (Fsp3) is 0.375. The summed E-state index contributed by atoms with van der Waals surface area (Å²) in [5.74, 6) is 0.124. The van der Waals surface area contributed by atoms with Gasteiger partial charge < -0.3 is 9.80 Å². The number of benzene rings is 1. The van der Waals surface area contributed by atoms with Gasteiger partial charge in [0.25, 0.3) is 5.91 Å². The molecule has 0 radical (unpaired) electrons. The van der Waals surface area contributed by atoms with Crippen LogP contribution in [0.1, 0.15) is 17.3 Å². The maximum atomic E-state index is 12.7. The lowest BCUT2D eigenvalue weighted by Crippen LogP contribution is -2.48. The number of fused-ring (bicyclic) bond motifs is 1. The molecule has 104 valence electrons. The number of amides is 1. The van der Waals surface area contributed by atoms with E-state index in [4.69, 9.17) is 0 Å². The molecule has 1 aliphatic rings. The maximum absolute atomic E-state index is 12.7. The van der Waals surface area contributed by atoms with E-state index >= 15 is 0 Å². The van der Waals surface area contributed by atoms with Gasteiger partial charge in [0.1, 0.15) is 0 Å². The minimum atomic E-state index is 0.124. The van der Waals surface area contributed by atoms with Gasteiger partial charge in [0, 0.05) is 49.5 Å². The highest BCUT2D eigenvalue weighted by Gasteiger charge is 2.22. The second-order valence-corrected chi connectivity index (χ2v) is 5.13. The highest BCUT2D eigenvalue weighted by Crippen LogP contribution is 2.19. The van der Waals surface area contributed by atoms with E-state index in [2.05, 4.69) is 16.8 Å². The van der Waals surface area contributed by atoms with Crippen molar-refractivity contribution in [3.8, 4) is 0 Å². The van der Waals surface area contributed by atoms with Gasteiger partial charge in [-0.15, -0.1) is 0 Å². The summed E-state index contributed by atoms with van der Waals surface area (Å²) in [6.45, 7) is 6.76. The van der Waals surface area contributed by atoms with E-state index in [1.54, 1.807) is 12.4 Å². The smallest absolute Gasteiger partial charge is 0.254 e. The first-order valence-corrected chi connectivity index (χ1v) is 7.14. The van der Waals surface area contributed by atoms with E-state index in [1.807, 2.05) is 29.2 Å². The first-order chi connectivity index (χ1) is 9.79. The monoisotopic (exact) mass is 269 g/mol. The average molecular weight is 269 g/mol. The van der Waals surface area contributed by atoms with E-state index in [1.165, 1.54) is 0 Å². The summed E-state index contributed by atoms with van der Waals surface area (Å²) in [7, 11) is 0. The number of pyridine rings is 1. The van der Waals surface area contributed by atoms with Crippen LogP contribution in [0.4, 0.5) is 0 Å². The Hall–Kier alpha value is -1.94. The maximum Gasteiger partial charge on any atom is 0.254 e. The molecule has 0 unspecified atom stereocenters. The van der Waals surface area contributed by atoms with Crippen LogP contribution in [0.25, 0.3) is 10.8 Å². The molecule has 1 amide bonds. The molecule has 0 atom stereocenters. The fourth-order valence-electron chi connectivity index (χ4n) is 2.74. The molecular formula is C16H19N3O. The summed E-state index contributed by atoms with van der Waals surface area (Å²) in [5.41, 5.74) is 0.764. The summed E-state index contributed by atoms with van der Waals surface area (Å²) in [6.07, 6.45) is 3.54. The van der Waals surface area contributed by atoms with Crippen molar-refractivity contribution in [1.82, 2.24) is 14.8 Å². The topological polar surface area (TPSA) is 36.4 Å². The lowest BCUT2D eigenvalue weighted by atomic mass is 10.1. The molecule has 4 nitrogen and oxygen atoms in total. The molecule has 1 saturated heterocycles. The molecule has 1 aromatic carbocycles. The fourth-order valence-corrected chi connectivity index (χ4v) is 2.74. The van der Waals surface area contributed by atoms with Crippen molar-refractivity contribution in [2.24, 2.45) is 0 Å². The van der Waals surface area contributed by atoms with Crippen LogP contribution in [0.3, 0.4) is 0 Å². The van der Waals surface area contributed by atoms with Crippen molar-refractivity contribution >= 4 is 16.7 Å². The average Bonchev–Trinajstić information content (AvgIpc) is 2.54. The van der Waals surface area contributed by atoms with Crippen LogP contribution in [0.5, 0.6) is 0 Å². The predicted molar refractivity (Wildman–Crippen MR) is 79.8 cm³/mol. The molecule has 0 bridgehead atoms. The number of nitrogens with zero attached hydrogens (tertiary/aromatic N) is 3. The number of rotatable bonds is 2. The van der Waals surface area contributed by atoms with Crippen molar-refractivity contribution in [2.75, 3.05) is 32.7 Å². The van der Waals surface area contributed by atoms with Crippen LogP contribution < -0.4 is 0 Å². The standard InChI is InChI=1S/C16H19N3O/c1-2-18-8-10-19(11-9-18)16(20)14-5-3-4-13-6-7-17-12-15(13)14/h3-7,12H,2,8-11H2,1H3.